The van der Waals surface area contributed by atoms with E-state index in [1.807, 2.05) is 42.3 Å². The summed E-state index contributed by atoms with van der Waals surface area (Å²) in [5.41, 5.74) is 2.54. The van der Waals surface area contributed by atoms with Crippen molar-refractivity contribution in [1.29, 1.82) is 0 Å². The van der Waals surface area contributed by atoms with Crippen LogP contribution in [0.4, 0.5) is 11.4 Å². The van der Waals surface area contributed by atoms with Gasteiger partial charge in [0.2, 0.25) is 5.91 Å². The number of aryl methyl sites for hydroxylation is 1. The van der Waals surface area contributed by atoms with Crippen LogP contribution in [0.2, 0.25) is 0 Å². The van der Waals surface area contributed by atoms with Gasteiger partial charge in [-0.3, -0.25) is 9.59 Å². The Morgan fingerprint density at radius 2 is 1.82 bits per heavy atom. The molecule has 2 aliphatic rings. The number of esters is 1. The van der Waals surface area contributed by atoms with Crippen LogP contribution in [0.25, 0.3) is 10.4 Å². The van der Waals surface area contributed by atoms with Gasteiger partial charge in [-0.15, -0.1) is 11.3 Å². The molecule has 0 unspecified atom stereocenters. The van der Waals surface area contributed by atoms with E-state index in [0.29, 0.717) is 40.3 Å². The molecule has 3 aromatic rings. The molecule has 0 aliphatic heterocycles. The monoisotopic (exact) mass is 534 g/mol. The number of benzene rings is 1. The average molecular weight is 535 g/mol. The summed E-state index contributed by atoms with van der Waals surface area (Å²) in [5.74, 6) is 0.562. The molecular formula is C29H34N4O4S. The first kappa shape index (κ1) is 26.2. The van der Waals surface area contributed by atoms with Crippen molar-refractivity contribution < 1.29 is 19.1 Å². The number of nitrogens with one attached hydrogen (secondary N) is 1. The molecule has 38 heavy (non-hydrogen) atoms. The number of anilines is 2. The summed E-state index contributed by atoms with van der Waals surface area (Å²) >= 11 is 1.34. The Bertz CT molecular complexity index is 1320. The zero-order valence-corrected chi connectivity index (χ0v) is 22.9. The van der Waals surface area contributed by atoms with Crippen LogP contribution in [0.15, 0.2) is 42.9 Å². The molecule has 5 rings (SSSR count). The minimum atomic E-state index is -0.429. The predicted octanol–water partition coefficient (Wildman–Crippen LogP) is 5.76. The van der Waals surface area contributed by atoms with Crippen molar-refractivity contribution in [3.63, 3.8) is 0 Å². The highest BCUT2D eigenvalue weighted by atomic mass is 32.1. The van der Waals surface area contributed by atoms with Crippen LogP contribution in [0.5, 0.6) is 0 Å². The summed E-state index contributed by atoms with van der Waals surface area (Å²) < 4.78 is 6.84. The van der Waals surface area contributed by atoms with Gasteiger partial charge in [-0.2, -0.15) is 0 Å². The molecule has 0 radical (unpaired) electrons. The number of hydrogen-bond acceptors (Lipinski definition) is 6. The third-order valence-electron chi connectivity index (χ3n) is 7.51. The molecule has 200 valence electrons. The second-order valence-electron chi connectivity index (χ2n) is 10.6. The van der Waals surface area contributed by atoms with Crippen molar-refractivity contribution in [2.45, 2.75) is 45.4 Å². The molecule has 1 N–H and O–H groups in total. The fourth-order valence-electron chi connectivity index (χ4n) is 5.00. The summed E-state index contributed by atoms with van der Waals surface area (Å²) in [6.07, 6.45) is 9.40. The Morgan fingerprint density at radius 3 is 2.42 bits per heavy atom. The molecule has 2 fully saturated rings. The second-order valence-corrected chi connectivity index (χ2v) is 11.7. The van der Waals surface area contributed by atoms with E-state index in [0.717, 1.165) is 49.0 Å². The lowest BCUT2D eigenvalue weighted by Gasteiger charge is -2.31. The first-order chi connectivity index (χ1) is 18.3. The van der Waals surface area contributed by atoms with Crippen LogP contribution in [-0.4, -0.2) is 41.0 Å². The van der Waals surface area contributed by atoms with E-state index >= 15 is 0 Å². The molecule has 0 spiro atoms. The highest BCUT2D eigenvalue weighted by Gasteiger charge is 2.35. The van der Waals surface area contributed by atoms with Gasteiger partial charge in [0.15, 0.2) is 0 Å². The number of thiophene rings is 1. The number of methoxy groups -OCH3 is 1. The number of carbonyl (C=O) groups excluding carboxylic acids is 3. The van der Waals surface area contributed by atoms with Crippen molar-refractivity contribution in [1.82, 2.24) is 9.55 Å². The molecular weight excluding hydrogens is 500 g/mol. The number of hydrogen-bond donors (Lipinski definition) is 1. The summed E-state index contributed by atoms with van der Waals surface area (Å²) in [4.78, 5) is 46.3. The van der Waals surface area contributed by atoms with Crippen LogP contribution in [-0.2, 0) is 16.6 Å². The van der Waals surface area contributed by atoms with Crippen molar-refractivity contribution in [3.8, 4) is 10.4 Å². The topological polar surface area (TPSA) is 93.5 Å². The maximum atomic E-state index is 13.8. The number of amides is 2. The van der Waals surface area contributed by atoms with Gasteiger partial charge in [0.25, 0.3) is 5.91 Å². The molecule has 2 saturated carbocycles. The predicted molar refractivity (Wildman–Crippen MR) is 148 cm³/mol. The standard InChI is InChI=1S/C29H34N4O4S/c1-18-4-8-21(9-5-18)28(35)33(15-19-6-7-19)24-14-25(38-26(24)29(36)37-3)20-10-12-22(13-11-20)31-27(34)23-16-32(2)17-30-23/h10-14,16-19,21H,4-9,15H2,1-3H3,(H,31,34)/t18-,21-. The smallest absolute Gasteiger partial charge is 0.350 e. The van der Waals surface area contributed by atoms with Gasteiger partial charge < -0.3 is 19.5 Å². The largest absolute Gasteiger partial charge is 0.465 e. The minimum Gasteiger partial charge on any atom is -0.465 e. The van der Waals surface area contributed by atoms with Crippen LogP contribution in [0.1, 0.15) is 65.6 Å². The zero-order valence-electron chi connectivity index (χ0n) is 22.1. The first-order valence-corrected chi connectivity index (χ1v) is 14.1. The van der Waals surface area contributed by atoms with E-state index < -0.39 is 5.97 Å². The van der Waals surface area contributed by atoms with E-state index in [2.05, 4.69) is 17.2 Å². The fourth-order valence-corrected chi connectivity index (χ4v) is 6.08. The Labute approximate surface area is 227 Å². The van der Waals surface area contributed by atoms with Crippen molar-refractivity contribution in [2.24, 2.45) is 24.8 Å². The molecule has 9 heteroatoms. The van der Waals surface area contributed by atoms with Gasteiger partial charge in [-0.1, -0.05) is 19.1 Å². The van der Waals surface area contributed by atoms with Crippen LogP contribution >= 0.6 is 11.3 Å². The lowest BCUT2D eigenvalue weighted by molar-refractivity contribution is -0.123. The molecule has 0 atom stereocenters. The number of aromatic nitrogens is 2. The number of rotatable bonds is 8. The molecule has 2 heterocycles. The Kier molecular flexibility index (Phi) is 7.65. The normalized spacial score (nSPS) is 19.1. The average Bonchev–Trinajstić information content (AvgIpc) is 3.46. The highest BCUT2D eigenvalue weighted by Crippen LogP contribution is 2.41. The maximum absolute atomic E-state index is 13.8. The molecule has 2 aromatic heterocycles. The minimum absolute atomic E-state index is 0.000737. The van der Waals surface area contributed by atoms with Crippen molar-refractivity contribution in [2.75, 3.05) is 23.9 Å². The molecule has 0 bridgehead atoms. The Balaban J connectivity index is 1.40. The summed E-state index contributed by atoms with van der Waals surface area (Å²) in [6.45, 7) is 2.89. The molecule has 2 amide bonds. The highest BCUT2D eigenvalue weighted by molar-refractivity contribution is 7.18. The van der Waals surface area contributed by atoms with E-state index in [1.54, 1.807) is 17.1 Å². The third kappa shape index (κ3) is 5.83. The zero-order chi connectivity index (χ0) is 26.8. The van der Waals surface area contributed by atoms with E-state index in [-0.39, 0.29) is 17.7 Å². The van der Waals surface area contributed by atoms with Crippen molar-refractivity contribution in [3.05, 3.63) is 53.4 Å². The summed E-state index contributed by atoms with van der Waals surface area (Å²) in [7, 11) is 3.19. The van der Waals surface area contributed by atoms with Crippen LogP contribution in [0.3, 0.4) is 0 Å². The van der Waals surface area contributed by atoms with Crippen molar-refractivity contribution >= 4 is 40.5 Å². The first-order valence-electron chi connectivity index (χ1n) is 13.3. The number of nitrogens with zero attached hydrogens (tertiary/aromatic N) is 3. The maximum Gasteiger partial charge on any atom is 0.350 e. The van der Waals surface area contributed by atoms with E-state index in [4.69, 9.17) is 4.74 Å². The fraction of sp³-hybridized carbons (Fsp3) is 0.448. The number of carbonyl (C=O) groups is 3. The van der Waals surface area contributed by atoms with Crippen LogP contribution < -0.4 is 10.2 Å². The van der Waals surface area contributed by atoms with E-state index in [9.17, 15) is 14.4 Å². The van der Waals surface area contributed by atoms with Gasteiger partial charge in [-0.25, -0.2) is 9.78 Å². The molecule has 0 saturated heterocycles. The number of imidazole rings is 1. The second kappa shape index (κ2) is 11.1. The van der Waals surface area contributed by atoms with Crippen LogP contribution in [0, 0.1) is 17.8 Å². The third-order valence-corrected chi connectivity index (χ3v) is 8.66. The molecule has 8 nitrogen and oxygen atoms in total. The van der Waals surface area contributed by atoms with E-state index in [1.165, 1.54) is 18.4 Å². The quantitative estimate of drug-likeness (QED) is 0.371. The van der Waals surface area contributed by atoms with Gasteiger partial charge in [0.1, 0.15) is 10.6 Å². The molecule has 2 aliphatic carbocycles. The summed E-state index contributed by atoms with van der Waals surface area (Å²) in [6, 6.07) is 9.40. The SMILES string of the molecule is COC(=O)c1sc(-c2ccc(NC(=O)c3cn(C)cn3)cc2)cc1N(CC1CC1)C(=O)[C@H]1CC[C@H](C)CC1. The number of ether oxygens (including phenoxy) is 1. The van der Waals surface area contributed by atoms with Gasteiger partial charge in [-0.05, 0) is 74.1 Å². The van der Waals surface area contributed by atoms with Gasteiger partial charge >= 0.3 is 5.97 Å². The lowest BCUT2D eigenvalue weighted by Crippen LogP contribution is -2.39. The molecule has 1 aromatic carbocycles. The van der Waals surface area contributed by atoms with Gasteiger partial charge in [0.05, 0.1) is 19.1 Å². The Hall–Kier alpha value is -3.46. The van der Waals surface area contributed by atoms with Gasteiger partial charge in [0, 0.05) is 36.3 Å². The summed E-state index contributed by atoms with van der Waals surface area (Å²) in [5, 5.41) is 2.86. The lowest BCUT2D eigenvalue weighted by atomic mass is 9.82. The Morgan fingerprint density at radius 1 is 1.11 bits per heavy atom.